The van der Waals surface area contributed by atoms with E-state index in [1.165, 1.54) is 35.2 Å². The Labute approximate surface area is 215 Å². The predicted octanol–water partition coefficient (Wildman–Crippen LogP) is 3.34. The normalized spacial score (nSPS) is 11.8. The van der Waals surface area contributed by atoms with Crippen LogP contribution in [0, 0.1) is 10.1 Å². The van der Waals surface area contributed by atoms with Crippen LogP contribution in [-0.4, -0.2) is 49.2 Å². The molecule has 1 atom stereocenters. The number of nitrogens with one attached hydrogen (secondary N) is 1. The second kappa shape index (κ2) is 12.1. The van der Waals surface area contributed by atoms with Gasteiger partial charge in [0.1, 0.15) is 12.6 Å². The summed E-state index contributed by atoms with van der Waals surface area (Å²) >= 11 is 0. The zero-order valence-corrected chi connectivity index (χ0v) is 21.3. The molecule has 0 fully saturated rings. The minimum Gasteiger partial charge on any atom is -0.355 e. The maximum atomic E-state index is 13.7. The average molecular weight is 525 g/mol. The van der Waals surface area contributed by atoms with E-state index in [0.717, 1.165) is 15.9 Å². The first-order valence-corrected chi connectivity index (χ1v) is 13.0. The van der Waals surface area contributed by atoms with Crippen molar-refractivity contribution in [2.45, 2.75) is 31.3 Å². The number of carbonyl (C=O) groups excluding carboxylic acids is 2. The van der Waals surface area contributed by atoms with Gasteiger partial charge in [0.15, 0.2) is 0 Å². The molecular formula is C26H28N4O6S. The molecule has 1 unspecified atom stereocenters. The summed E-state index contributed by atoms with van der Waals surface area (Å²) in [6.45, 7) is 3.07. The third kappa shape index (κ3) is 6.70. The molecule has 0 spiro atoms. The first-order chi connectivity index (χ1) is 17.6. The third-order valence-electron chi connectivity index (χ3n) is 5.65. The second-order valence-corrected chi connectivity index (χ2v) is 10.0. The number of non-ortho nitro benzene ring substituents is 1. The van der Waals surface area contributed by atoms with Crippen molar-refractivity contribution in [1.82, 2.24) is 10.2 Å². The number of nitro benzene ring substituents is 1. The SMILES string of the molecule is CCNC(=O)C(C)N(Cc1ccccc1)C(=O)CN(c1cccc([N+](=O)[O-])c1)S(=O)(=O)c1ccccc1. The Kier molecular flexibility index (Phi) is 8.96. The highest BCUT2D eigenvalue weighted by Crippen LogP contribution is 2.27. The summed E-state index contributed by atoms with van der Waals surface area (Å²) in [6, 6.07) is 20.7. The Morgan fingerprint density at radius 3 is 2.19 bits per heavy atom. The van der Waals surface area contributed by atoms with Crippen molar-refractivity contribution in [2.75, 3.05) is 17.4 Å². The first kappa shape index (κ1) is 27.3. The zero-order chi connectivity index (χ0) is 27.0. The number of amides is 2. The monoisotopic (exact) mass is 524 g/mol. The van der Waals surface area contributed by atoms with Gasteiger partial charge in [0, 0.05) is 25.2 Å². The lowest BCUT2D eigenvalue weighted by Crippen LogP contribution is -2.51. The largest absolute Gasteiger partial charge is 0.355 e. The number of carbonyl (C=O) groups is 2. The molecule has 1 N–H and O–H groups in total. The fraction of sp³-hybridized carbons (Fsp3) is 0.231. The van der Waals surface area contributed by atoms with Crippen LogP contribution in [0.15, 0.2) is 89.8 Å². The molecule has 0 aromatic heterocycles. The summed E-state index contributed by atoms with van der Waals surface area (Å²) in [5.41, 5.74) is 0.381. The Balaban J connectivity index is 2.05. The maximum Gasteiger partial charge on any atom is 0.271 e. The van der Waals surface area contributed by atoms with E-state index >= 15 is 0 Å². The molecule has 11 heteroatoms. The van der Waals surface area contributed by atoms with Gasteiger partial charge in [-0.25, -0.2) is 8.42 Å². The topological polar surface area (TPSA) is 130 Å². The van der Waals surface area contributed by atoms with Crippen molar-refractivity contribution in [2.24, 2.45) is 0 Å². The van der Waals surface area contributed by atoms with Crippen molar-refractivity contribution in [3.05, 3.63) is 101 Å². The van der Waals surface area contributed by atoms with E-state index in [-0.39, 0.29) is 28.7 Å². The molecule has 0 radical (unpaired) electrons. The van der Waals surface area contributed by atoms with Gasteiger partial charge >= 0.3 is 0 Å². The van der Waals surface area contributed by atoms with Gasteiger partial charge in [-0.05, 0) is 37.6 Å². The van der Waals surface area contributed by atoms with Gasteiger partial charge in [-0.15, -0.1) is 0 Å². The van der Waals surface area contributed by atoms with Crippen LogP contribution >= 0.6 is 0 Å². The summed E-state index contributed by atoms with van der Waals surface area (Å²) < 4.78 is 28.1. The number of nitrogens with zero attached hydrogens (tertiary/aromatic N) is 3. The summed E-state index contributed by atoms with van der Waals surface area (Å²) in [5, 5.41) is 14.1. The first-order valence-electron chi connectivity index (χ1n) is 11.6. The highest BCUT2D eigenvalue weighted by atomic mass is 32.2. The molecule has 37 heavy (non-hydrogen) atoms. The number of hydrogen-bond acceptors (Lipinski definition) is 6. The van der Waals surface area contributed by atoms with Crippen LogP contribution in [0.5, 0.6) is 0 Å². The van der Waals surface area contributed by atoms with Crippen molar-refractivity contribution < 1.29 is 22.9 Å². The summed E-state index contributed by atoms with van der Waals surface area (Å²) in [6.07, 6.45) is 0. The lowest BCUT2D eigenvalue weighted by molar-refractivity contribution is -0.384. The maximum absolute atomic E-state index is 13.7. The van der Waals surface area contributed by atoms with Crippen molar-refractivity contribution in [1.29, 1.82) is 0 Å². The summed E-state index contributed by atoms with van der Waals surface area (Å²) in [7, 11) is -4.29. The minimum atomic E-state index is -4.29. The summed E-state index contributed by atoms with van der Waals surface area (Å²) in [5.74, 6) is -1.03. The van der Waals surface area contributed by atoms with E-state index in [9.17, 15) is 28.1 Å². The smallest absolute Gasteiger partial charge is 0.271 e. The molecule has 0 aliphatic heterocycles. The molecule has 0 saturated carbocycles. The minimum absolute atomic E-state index is 0.0447. The van der Waals surface area contributed by atoms with Gasteiger partial charge in [-0.2, -0.15) is 0 Å². The predicted molar refractivity (Wildman–Crippen MR) is 139 cm³/mol. The van der Waals surface area contributed by atoms with Crippen LogP contribution in [0.25, 0.3) is 0 Å². The molecule has 0 saturated heterocycles. The number of sulfonamides is 1. The van der Waals surface area contributed by atoms with Gasteiger partial charge in [-0.3, -0.25) is 24.0 Å². The van der Waals surface area contributed by atoms with Gasteiger partial charge in [0.25, 0.3) is 15.7 Å². The van der Waals surface area contributed by atoms with Crippen LogP contribution < -0.4 is 9.62 Å². The molecule has 0 heterocycles. The Bertz CT molecular complexity index is 1350. The summed E-state index contributed by atoms with van der Waals surface area (Å²) in [4.78, 5) is 38.3. The quantitative estimate of drug-likeness (QED) is 0.302. The Morgan fingerprint density at radius 2 is 1.59 bits per heavy atom. The molecule has 0 bridgehead atoms. The van der Waals surface area contributed by atoms with Crippen LogP contribution in [0.4, 0.5) is 11.4 Å². The van der Waals surface area contributed by atoms with Crippen molar-refractivity contribution in [3.8, 4) is 0 Å². The zero-order valence-electron chi connectivity index (χ0n) is 20.5. The molecule has 2 amide bonds. The van der Waals surface area contributed by atoms with E-state index in [1.54, 1.807) is 56.3 Å². The molecule has 3 aromatic rings. The van der Waals surface area contributed by atoms with Crippen LogP contribution in [0.3, 0.4) is 0 Å². The number of likely N-dealkylation sites (N-methyl/N-ethyl adjacent to an activating group) is 1. The Morgan fingerprint density at radius 1 is 0.973 bits per heavy atom. The highest BCUT2D eigenvalue weighted by Gasteiger charge is 2.32. The van der Waals surface area contributed by atoms with Gasteiger partial charge < -0.3 is 10.2 Å². The fourth-order valence-corrected chi connectivity index (χ4v) is 5.12. The number of anilines is 1. The molecule has 10 nitrogen and oxygen atoms in total. The number of rotatable bonds is 11. The van der Waals surface area contributed by atoms with Crippen LogP contribution in [0.2, 0.25) is 0 Å². The van der Waals surface area contributed by atoms with Crippen molar-refractivity contribution >= 4 is 33.2 Å². The van der Waals surface area contributed by atoms with E-state index in [2.05, 4.69) is 5.32 Å². The highest BCUT2D eigenvalue weighted by molar-refractivity contribution is 7.92. The number of hydrogen-bond donors (Lipinski definition) is 1. The lowest BCUT2D eigenvalue weighted by Gasteiger charge is -2.32. The standard InChI is InChI=1S/C26H28N4O6S/c1-3-27-26(32)20(2)28(18-21-11-6-4-7-12-21)25(31)19-29(22-13-10-14-23(17-22)30(33)34)37(35,36)24-15-8-5-9-16-24/h4-17,20H,3,18-19H2,1-2H3,(H,27,32). The van der Waals surface area contributed by atoms with Crippen molar-refractivity contribution in [3.63, 3.8) is 0 Å². The molecular weight excluding hydrogens is 496 g/mol. The molecule has 0 aliphatic carbocycles. The van der Waals surface area contributed by atoms with Crippen LogP contribution in [-0.2, 0) is 26.2 Å². The fourth-order valence-electron chi connectivity index (χ4n) is 3.69. The number of benzene rings is 3. The van der Waals surface area contributed by atoms with Gasteiger partial charge in [-0.1, -0.05) is 54.6 Å². The lowest BCUT2D eigenvalue weighted by atomic mass is 10.1. The number of nitro groups is 1. The van der Waals surface area contributed by atoms with Gasteiger partial charge in [0.05, 0.1) is 15.5 Å². The van der Waals surface area contributed by atoms with E-state index in [4.69, 9.17) is 0 Å². The molecule has 194 valence electrons. The molecule has 3 rings (SSSR count). The average Bonchev–Trinajstić information content (AvgIpc) is 2.91. The van der Waals surface area contributed by atoms with E-state index in [0.29, 0.717) is 6.54 Å². The second-order valence-electron chi connectivity index (χ2n) is 8.18. The molecule has 3 aromatic carbocycles. The van der Waals surface area contributed by atoms with E-state index < -0.39 is 33.4 Å². The van der Waals surface area contributed by atoms with E-state index in [1.807, 2.05) is 6.07 Å². The van der Waals surface area contributed by atoms with Gasteiger partial charge in [0.2, 0.25) is 11.8 Å². The Hall–Kier alpha value is -4.25. The van der Waals surface area contributed by atoms with Crippen LogP contribution in [0.1, 0.15) is 19.4 Å². The molecule has 0 aliphatic rings. The third-order valence-corrected chi connectivity index (χ3v) is 7.44.